The van der Waals surface area contributed by atoms with E-state index in [-0.39, 0.29) is 11.7 Å². The van der Waals surface area contributed by atoms with E-state index < -0.39 is 6.61 Å². The van der Waals surface area contributed by atoms with Gasteiger partial charge in [0.25, 0.3) is 0 Å². The summed E-state index contributed by atoms with van der Waals surface area (Å²) in [6.07, 6.45) is 1.50. The van der Waals surface area contributed by atoms with Crippen molar-refractivity contribution in [1.82, 2.24) is 19.7 Å². The maximum absolute atomic E-state index is 12.5. The van der Waals surface area contributed by atoms with Crippen LogP contribution in [0.1, 0.15) is 12.6 Å². The number of hydrogen-bond donors (Lipinski definition) is 1. The summed E-state index contributed by atoms with van der Waals surface area (Å²) in [5.41, 5.74) is 7.33. The molecule has 7 nitrogen and oxygen atoms in total. The number of benzene rings is 1. The highest BCUT2D eigenvalue weighted by molar-refractivity contribution is 5.67. The van der Waals surface area contributed by atoms with Crippen molar-refractivity contribution < 1.29 is 18.3 Å². The lowest BCUT2D eigenvalue weighted by molar-refractivity contribution is -0.0498. The Labute approximate surface area is 148 Å². The van der Waals surface area contributed by atoms with Gasteiger partial charge in [0, 0.05) is 5.56 Å². The first-order valence-electron chi connectivity index (χ1n) is 7.88. The zero-order chi connectivity index (χ0) is 18.5. The zero-order valence-corrected chi connectivity index (χ0v) is 14.0. The average molecular weight is 361 g/mol. The summed E-state index contributed by atoms with van der Waals surface area (Å²) in [6, 6.07) is 9.90. The fourth-order valence-electron chi connectivity index (χ4n) is 2.42. The lowest BCUT2D eigenvalue weighted by atomic mass is 10.1. The summed E-state index contributed by atoms with van der Waals surface area (Å²) >= 11 is 0. The Morgan fingerprint density at radius 2 is 2.08 bits per heavy atom. The Bertz CT molecular complexity index is 885. The summed E-state index contributed by atoms with van der Waals surface area (Å²) in [6.45, 7) is -0.238. The predicted octanol–water partition coefficient (Wildman–Crippen LogP) is 2.97. The summed E-state index contributed by atoms with van der Waals surface area (Å²) in [5.74, 6) is 0.771. The Morgan fingerprint density at radius 1 is 1.23 bits per heavy atom. The van der Waals surface area contributed by atoms with Gasteiger partial charge in [-0.05, 0) is 31.2 Å². The van der Waals surface area contributed by atoms with Gasteiger partial charge < -0.3 is 15.2 Å². The van der Waals surface area contributed by atoms with Crippen LogP contribution in [0.25, 0.3) is 11.3 Å². The molecule has 3 rings (SSSR count). The molecule has 3 aromatic rings. The first kappa shape index (κ1) is 17.6. The Morgan fingerprint density at radius 3 is 2.77 bits per heavy atom. The molecule has 0 unspecified atom stereocenters. The van der Waals surface area contributed by atoms with Gasteiger partial charge in [0.15, 0.2) is 0 Å². The van der Waals surface area contributed by atoms with E-state index in [4.69, 9.17) is 10.5 Å². The van der Waals surface area contributed by atoms with E-state index >= 15 is 0 Å². The molecule has 0 atom stereocenters. The van der Waals surface area contributed by atoms with Crippen LogP contribution in [0.3, 0.4) is 0 Å². The monoisotopic (exact) mass is 361 g/mol. The first-order valence-corrected chi connectivity index (χ1v) is 7.88. The van der Waals surface area contributed by atoms with Crippen molar-refractivity contribution in [1.29, 1.82) is 0 Å². The van der Waals surface area contributed by atoms with Crippen molar-refractivity contribution in [3.8, 4) is 22.8 Å². The highest BCUT2D eigenvalue weighted by Gasteiger charge is 2.13. The number of hydrogen-bond acceptors (Lipinski definition) is 6. The van der Waals surface area contributed by atoms with Crippen LogP contribution < -0.4 is 15.2 Å². The maximum Gasteiger partial charge on any atom is 0.387 e. The number of nitrogens with two attached hydrogens (primary N) is 1. The number of alkyl halides is 2. The van der Waals surface area contributed by atoms with Gasteiger partial charge in [-0.3, -0.25) is 0 Å². The molecule has 0 bridgehead atoms. The SMILES string of the molecule is CCOc1ccc(Cn2cnc(N)n2)nc1-c1cccc(OC(F)F)c1. The molecule has 2 aromatic heterocycles. The molecular weight excluding hydrogens is 344 g/mol. The number of anilines is 1. The second-order valence-corrected chi connectivity index (χ2v) is 5.29. The molecule has 2 heterocycles. The third-order valence-corrected chi connectivity index (χ3v) is 3.43. The lowest BCUT2D eigenvalue weighted by Crippen LogP contribution is -2.05. The molecule has 9 heteroatoms. The number of halogens is 2. The Balaban J connectivity index is 1.96. The van der Waals surface area contributed by atoms with Crippen LogP contribution in [0.4, 0.5) is 14.7 Å². The highest BCUT2D eigenvalue weighted by Crippen LogP contribution is 2.31. The summed E-state index contributed by atoms with van der Waals surface area (Å²) in [5, 5.41) is 4.02. The third-order valence-electron chi connectivity index (χ3n) is 3.43. The largest absolute Gasteiger partial charge is 0.492 e. The number of aromatic nitrogens is 4. The van der Waals surface area contributed by atoms with E-state index in [1.165, 1.54) is 18.5 Å². The minimum Gasteiger partial charge on any atom is -0.492 e. The van der Waals surface area contributed by atoms with E-state index in [9.17, 15) is 8.78 Å². The minimum absolute atomic E-state index is 0.0520. The summed E-state index contributed by atoms with van der Waals surface area (Å²) in [4.78, 5) is 8.46. The summed E-state index contributed by atoms with van der Waals surface area (Å²) < 4.78 is 36.6. The van der Waals surface area contributed by atoms with Crippen LogP contribution in [0.5, 0.6) is 11.5 Å². The number of nitrogen functional groups attached to an aromatic ring is 1. The van der Waals surface area contributed by atoms with Gasteiger partial charge in [0.05, 0.1) is 18.8 Å². The molecule has 2 N–H and O–H groups in total. The van der Waals surface area contributed by atoms with Gasteiger partial charge >= 0.3 is 6.61 Å². The molecule has 0 saturated heterocycles. The fraction of sp³-hybridized carbons (Fsp3) is 0.235. The van der Waals surface area contributed by atoms with Crippen molar-refractivity contribution in [3.05, 3.63) is 48.4 Å². The molecule has 0 aliphatic carbocycles. The summed E-state index contributed by atoms with van der Waals surface area (Å²) in [7, 11) is 0. The van der Waals surface area contributed by atoms with Crippen molar-refractivity contribution in [2.75, 3.05) is 12.3 Å². The van der Waals surface area contributed by atoms with Gasteiger partial charge in [-0.25, -0.2) is 14.6 Å². The molecule has 26 heavy (non-hydrogen) atoms. The van der Waals surface area contributed by atoms with Gasteiger partial charge in [0.1, 0.15) is 23.5 Å². The van der Waals surface area contributed by atoms with Crippen LogP contribution in [0, 0.1) is 0 Å². The topological polar surface area (TPSA) is 88.1 Å². The van der Waals surface area contributed by atoms with Crippen LogP contribution in [0.15, 0.2) is 42.7 Å². The molecule has 0 radical (unpaired) electrons. The van der Waals surface area contributed by atoms with Crippen LogP contribution in [0.2, 0.25) is 0 Å². The predicted molar refractivity (Wildman–Crippen MR) is 91.0 cm³/mol. The smallest absolute Gasteiger partial charge is 0.387 e. The number of rotatable bonds is 7. The van der Waals surface area contributed by atoms with Crippen molar-refractivity contribution >= 4 is 5.95 Å². The number of nitrogens with zero attached hydrogens (tertiary/aromatic N) is 4. The first-order chi connectivity index (χ1) is 12.5. The highest BCUT2D eigenvalue weighted by atomic mass is 19.3. The normalized spacial score (nSPS) is 10.9. The maximum atomic E-state index is 12.5. The van der Waals surface area contributed by atoms with Crippen molar-refractivity contribution in [3.63, 3.8) is 0 Å². The quantitative estimate of drug-likeness (QED) is 0.696. The number of ether oxygens (including phenoxy) is 2. The van der Waals surface area contributed by atoms with E-state index in [2.05, 4.69) is 19.8 Å². The molecule has 0 fully saturated rings. The van der Waals surface area contributed by atoms with Gasteiger partial charge in [0.2, 0.25) is 5.95 Å². The standard InChI is InChI=1S/C17H17F2N5O2/c1-2-25-14-7-6-12(9-24-10-21-17(20)23-24)22-15(14)11-4-3-5-13(8-11)26-16(18)19/h3-8,10,16H,2,9H2,1H3,(H2,20,23). The van der Waals surface area contributed by atoms with E-state index in [0.717, 1.165) is 0 Å². The van der Waals surface area contributed by atoms with Gasteiger partial charge in [-0.1, -0.05) is 12.1 Å². The molecule has 136 valence electrons. The van der Waals surface area contributed by atoms with Crippen LogP contribution in [-0.4, -0.2) is 33.0 Å². The van der Waals surface area contributed by atoms with Crippen molar-refractivity contribution in [2.24, 2.45) is 0 Å². The molecule has 1 aromatic carbocycles. The molecule has 0 aliphatic rings. The molecule has 0 amide bonds. The fourth-order valence-corrected chi connectivity index (χ4v) is 2.42. The molecule has 0 aliphatic heterocycles. The van der Waals surface area contributed by atoms with Gasteiger partial charge in [-0.15, -0.1) is 5.10 Å². The minimum atomic E-state index is -2.89. The lowest BCUT2D eigenvalue weighted by Gasteiger charge is -2.13. The van der Waals surface area contributed by atoms with Gasteiger partial charge in [-0.2, -0.15) is 8.78 Å². The molecular formula is C17H17F2N5O2. The van der Waals surface area contributed by atoms with Crippen LogP contribution >= 0.6 is 0 Å². The Kier molecular flexibility index (Phi) is 5.26. The third kappa shape index (κ3) is 4.24. The second-order valence-electron chi connectivity index (χ2n) is 5.29. The second kappa shape index (κ2) is 7.77. The van der Waals surface area contributed by atoms with E-state index in [1.54, 1.807) is 28.9 Å². The van der Waals surface area contributed by atoms with Crippen LogP contribution in [-0.2, 0) is 6.54 Å². The molecule has 0 saturated carbocycles. The van der Waals surface area contributed by atoms with Crippen molar-refractivity contribution in [2.45, 2.75) is 20.1 Å². The number of pyridine rings is 1. The van der Waals surface area contributed by atoms with E-state index in [1.807, 2.05) is 6.92 Å². The molecule has 0 spiro atoms. The average Bonchev–Trinajstić information content (AvgIpc) is 3.01. The zero-order valence-electron chi connectivity index (χ0n) is 14.0. The Hall–Kier alpha value is -3.23. The van der Waals surface area contributed by atoms with E-state index in [0.29, 0.717) is 35.9 Å².